The number of ether oxygens (including phenoxy) is 1. The Morgan fingerprint density at radius 3 is 2.56 bits per heavy atom. The monoisotopic (exact) mass is 495 g/mol. The van der Waals surface area contributed by atoms with Crippen LogP contribution < -0.4 is 15.0 Å². The van der Waals surface area contributed by atoms with Crippen molar-refractivity contribution in [2.24, 2.45) is 0 Å². The number of carbonyl (C=O) groups excluding carboxylic acids is 3. The van der Waals surface area contributed by atoms with Gasteiger partial charge in [-0.2, -0.15) is 0 Å². The number of ketones is 1. The Hall–Kier alpha value is -3.68. The van der Waals surface area contributed by atoms with Gasteiger partial charge in [0.1, 0.15) is 0 Å². The normalized spacial score (nSPS) is 14.2. The van der Waals surface area contributed by atoms with E-state index in [1.165, 1.54) is 24.2 Å². The highest BCUT2D eigenvalue weighted by molar-refractivity contribution is 6.42. The van der Waals surface area contributed by atoms with Crippen molar-refractivity contribution in [1.29, 1.82) is 0 Å². The number of nitrogens with zero attached hydrogens (tertiary/aromatic N) is 2. The molecule has 0 saturated carbocycles. The summed E-state index contributed by atoms with van der Waals surface area (Å²) in [6, 6.07) is 13.0. The molecule has 1 N–H and O–H groups in total. The van der Waals surface area contributed by atoms with Gasteiger partial charge in [0.05, 0.1) is 28.4 Å². The lowest BCUT2D eigenvalue weighted by Crippen LogP contribution is -2.37. The summed E-state index contributed by atoms with van der Waals surface area (Å²) < 4.78 is 5.03. The van der Waals surface area contributed by atoms with Gasteiger partial charge >= 0.3 is 0 Å². The number of hydrogen-bond acceptors (Lipinski definition) is 5. The van der Waals surface area contributed by atoms with E-state index in [0.29, 0.717) is 32.7 Å². The molecular formula is C25H19Cl2N3O4. The number of likely N-dealkylation sites (N-methyl/N-ethyl adjacent to an activating group) is 1. The van der Waals surface area contributed by atoms with Crippen LogP contribution in [0, 0.1) is 0 Å². The van der Waals surface area contributed by atoms with E-state index in [2.05, 4.69) is 10.3 Å². The summed E-state index contributed by atoms with van der Waals surface area (Å²) in [6.07, 6.45) is 3.08. The summed E-state index contributed by atoms with van der Waals surface area (Å²) in [5, 5.41) is 3.48. The zero-order valence-electron chi connectivity index (χ0n) is 18.3. The molecule has 0 aliphatic carbocycles. The molecule has 0 spiro atoms. The number of carbonyl (C=O) groups is 3. The minimum atomic E-state index is -0.474. The number of methoxy groups -OCH3 is 1. The first-order chi connectivity index (χ1) is 16.3. The van der Waals surface area contributed by atoms with Crippen LogP contribution in [0.2, 0.25) is 10.0 Å². The average Bonchev–Trinajstić information content (AvgIpc) is 2.85. The van der Waals surface area contributed by atoms with Gasteiger partial charge in [0.15, 0.2) is 0 Å². The molecule has 7 nitrogen and oxygen atoms in total. The number of anilines is 1. The van der Waals surface area contributed by atoms with Gasteiger partial charge < -0.3 is 15.0 Å². The van der Waals surface area contributed by atoms with Crippen molar-refractivity contribution in [1.82, 2.24) is 10.3 Å². The molecule has 1 aliphatic rings. The number of halogens is 2. The molecule has 2 heterocycles. The molecule has 0 fully saturated rings. The molecule has 2 aromatic carbocycles. The smallest absolute Gasteiger partial charge is 0.262 e. The van der Waals surface area contributed by atoms with Crippen LogP contribution in [-0.4, -0.2) is 36.7 Å². The maximum Gasteiger partial charge on any atom is 0.262 e. The zero-order chi connectivity index (χ0) is 24.4. The summed E-state index contributed by atoms with van der Waals surface area (Å²) >= 11 is 12.0. The van der Waals surface area contributed by atoms with Crippen LogP contribution in [0.25, 0.3) is 6.08 Å². The lowest BCUT2D eigenvalue weighted by Gasteiger charge is -2.27. The number of Topliss-reactive ketones (excluding diaryl/α,β-unsaturated/α-hetero) is 1. The lowest BCUT2D eigenvalue weighted by atomic mass is 9.92. The molecule has 9 heteroatoms. The molecule has 0 bridgehead atoms. The number of aromatic nitrogens is 1. The van der Waals surface area contributed by atoms with E-state index >= 15 is 0 Å². The highest BCUT2D eigenvalue weighted by Gasteiger charge is 2.33. The first-order valence-corrected chi connectivity index (χ1v) is 10.9. The fraction of sp³-hybridized carbons (Fsp3) is 0.120. The van der Waals surface area contributed by atoms with Crippen molar-refractivity contribution in [2.45, 2.75) is 6.54 Å². The summed E-state index contributed by atoms with van der Waals surface area (Å²) in [6.45, 7) is 0.252. The van der Waals surface area contributed by atoms with Crippen LogP contribution in [0.5, 0.6) is 5.88 Å². The van der Waals surface area contributed by atoms with E-state index < -0.39 is 11.7 Å². The number of pyridine rings is 1. The molecule has 1 aromatic heterocycles. The van der Waals surface area contributed by atoms with Crippen molar-refractivity contribution in [2.75, 3.05) is 19.1 Å². The fourth-order valence-corrected chi connectivity index (χ4v) is 3.81. The first-order valence-electron chi connectivity index (χ1n) is 10.2. The fourth-order valence-electron chi connectivity index (χ4n) is 3.50. The number of hydrogen-bond donors (Lipinski definition) is 1. The molecule has 0 unspecified atom stereocenters. The van der Waals surface area contributed by atoms with Gasteiger partial charge in [-0.05, 0) is 47.5 Å². The molecular weight excluding hydrogens is 477 g/mol. The number of amides is 2. The second-order valence-electron chi connectivity index (χ2n) is 7.55. The van der Waals surface area contributed by atoms with Gasteiger partial charge in [-0.3, -0.25) is 14.4 Å². The first kappa shape index (κ1) is 23.5. The van der Waals surface area contributed by atoms with Crippen LogP contribution in [0.15, 0.2) is 60.3 Å². The van der Waals surface area contributed by atoms with Crippen molar-refractivity contribution in [3.05, 3.63) is 92.6 Å². The van der Waals surface area contributed by atoms with E-state index in [4.69, 9.17) is 27.9 Å². The van der Waals surface area contributed by atoms with E-state index in [1.54, 1.807) is 55.7 Å². The maximum absolute atomic E-state index is 13.2. The van der Waals surface area contributed by atoms with Crippen LogP contribution in [0.3, 0.4) is 0 Å². The van der Waals surface area contributed by atoms with E-state index in [1.807, 2.05) is 0 Å². The summed E-state index contributed by atoms with van der Waals surface area (Å²) in [4.78, 5) is 44.3. The molecule has 172 valence electrons. The molecule has 0 saturated heterocycles. The minimum absolute atomic E-state index is 0.0322. The minimum Gasteiger partial charge on any atom is -0.481 e. The predicted molar refractivity (Wildman–Crippen MR) is 131 cm³/mol. The average molecular weight is 496 g/mol. The van der Waals surface area contributed by atoms with Crippen LogP contribution in [-0.2, 0) is 11.3 Å². The molecule has 1 aliphatic heterocycles. The molecule has 0 atom stereocenters. The Bertz CT molecular complexity index is 1340. The van der Waals surface area contributed by atoms with Gasteiger partial charge in [0.25, 0.3) is 11.8 Å². The van der Waals surface area contributed by atoms with Crippen molar-refractivity contribution >= 4 is 52.6 Å². The second-order valence-corrected chi connectivity index (χ2v) is 8.36. The highest BCUT2D eigenvalue weighted by Crippen LogP contribution is 2.32. The van der Waals surface area contributed by atoms with Gasteiger partial charge in [-0.25, -0.2) is 4.98 Å². The third kappa shape index (κ3) is 4.66. The van der Waals surface area contributed by atoms with Gasteiger partial charge in [0, 0.05) is 37.0 Å². The molecule has 2 amide bonds. The highest BCUT2D eigenvalue weighted by atomic mass is 35.5. The van der Waals surface area contributed by atoms with Crippen LogP contribution in [0.1, 0.15) is 31.8 Å². The summed E-state index contributed by atoms with van der Waals surface area (Å²) in [5.41, 5.74) is 2.30. The van der Waals surface area contributed by atoms with Crippen molar-refractivity contribution < 1.29 is 19.1 Å². The standard InChI is InChI=1S/C25H19Cl2N3O4/c1-30-21-7-5-16(24(32)29-13-15-4-8-22(34-2)28-12-15)11-17(21)23(31)18(25(30)33)9-14-3-6-19(26)20(27)10-14/h3-12H,13H2,1-2H3,(H,29,32)/b18-9-. The summed E-state index contributed by atoms with van der Waals surface area (Å²) in [7, 11) is 3.10. The van der Waals surface area contributed by atoms with Crippen LogP contribution >= 0.6 is 23.2 Å². The van der Waals surface area contributed by atoms with Crippen molar-refractivity contribution in [3.8, 4) is 5.88 Å². The SMILES string of the molecule is COc1ccc(CNC(=O)c2ccc3c(c2)C(=O)/C(=C/c2ccc(Cl)c(Cl)c2)C(=O)N3C)cn1. The predicted octanol–water partition coefficient (Wildman–Crippen LogP) is 4.57. The van der Waals surface area contributed by atoms with Gasteiger partial charge in [-0.1, -0.05) is 35.3 Å². The Morgan fingerprint density at radius 2 is 1.88 bits per heavy atom. The lowest BCUT2D eigenvalue weighted by molar-refractivity contribution is -0.114. The summed E-state index contributed by atoms with van der Waals surface area (Å²) in [5.74, 6) is -0.807. The number of benzene rings is 2. The maximum atomic E-state index is 13.2. The molecule has 0 radical (unpaired) electrons. The van der Waals surface area contributed by atoms with E-state index in [0.717, 1.165) is 5.56 Å². The Balaban J connectivity index is 1.59. The topological polar surface area (TPSA) is 88.6 Å². The molecule has 4 rings (SSSR count). The van der Waals surface area contributed by atoms with Crippen molar-refractivity contribution in [3.63, 3.8) is 0 Å². The third-order valence-corrected chi connectivity index (χ3v) is 6.10. The zero-order valence-corrected chi connectivity index (χ0v) is 19.8. The van der Waals surface area contributed by atoms with Gasteiger partial charge in [-0.15, -0.1) is 0 Å². The Labute approximate surface area is 206 Å². The molecule has 34 heavy (non-hydrogen) atoms. The Kier molecular flexibility index (Phi) is 6.68. The number of rotatable bonds is 5. The molecule has 3 aromatic rings. The Morgan fingerprint density at radius 1 is 1.09 bits per heavy atom. The van der Waals surface area contributed by atoms with E-state index in [-0.39, 0.29) is 23.6 Å². The van der Waals surface area contributed by atoms with Crippen LogP contribution in [0.4, 0.5) is 5.69 Å². The second kappa shape index (κ2) is 9.67. The third-order valence-electron chi connectivity index (χ3n) is 5.36. The van der Waals surface area contributed by atoms with E-state index in [9.17, 15) is 14.4 Å². The van der Waals surface area contributed by atoms with Gasteiger partial charge in [0.2, 0.25) is 11.7 Å². The largest absolute Gasteiger partial charge is 0.481 e. The quantitative estimate of drug-likeness (QED) is 0.413. The number of fused-ring (bicyclic) bond motifs is 1. The number of nitrogens with one attached hydrogen (secondary N) is 1.